The maximum atomic E-state index is 14.8. The molecule has 32 heavy (non-hydrogen) atoms. The summed E-state index contributed by atoms with van der Waals surface area (Å²) in [4.78, 5) is 35.0. The van der Waals surface area contributed by atoms with E-state index in [1.165, 1.54) is 55.5 Å². The zero-order valence-corrected chi connectivity index (χ0v) is 18.5. The van der Waals surface area contributed by atoms with Gasteiger partial charge in [0.15, 0.2) is 17.4 Å². The van der Waals surface area contributed by atoms with Crippen molar-refractivity contribution in [3.63, 3.8) is 0 Å². The van der Waals surface area contributed by atoms with Crippen molar-refractivity contribution >= 4 is 17.6 Å². The molecule has 1 atom stereocenters. The number of ether oxygens (including phenoxy) is 1. The van der Waals surface area contributed by atoms with Gasteiger partial charge in [-0.1, -0.05) is 26.0 Å². The van der Waals surface area contributed by atoms with Gasteiger partial charge in [-0.05, 0) is 32.3 Å². The number of carbonyl (C=O) groups is 2. The van der Waals surface area contributed by atoms with Gasteiger partial charge >= 0.3 is 0 Å². The van der Waals surface area contributed by atoms with E-state index in [4.69, 9.17) is 4.74 Å². The van der Waals surface area contributed by atoms with Crippen LogP contribution in [0.15, 0.2) is 48.6 Å². The number of rotatable bonds is 8. The number of carbonyl (C=O) groups excluding carboxylic acids is 2. The van der Waals surface area contributed by atoms with Crippen molar-refractivity contribution in [2.24, 2.45) is 5.92 Å². The van der Waals surface area contributed by atoms with Gasteiger partial charge in [-0.3, -0.25) is 14.6 Å². The largest absolute Gasteiger partial charge is 0.457 e. The fraction of sp³-hybridized carbons (Fsp3) is 0.391. The van der Waals surface area contributed by atoms with Crippen LogP contribution in [0.25, 0.3) is 0 Å². The highest BCUT2D eigenvalue weighted by atomic mass is 19.1. The fourth-order valence-electron chi connectivity index (χ4n) is 3.44. The SMILES string of the molecule is CC(C)C[C@@H](C(=O)Nc1cnccn1)N1CC(Oc2cccc(C(C)(C)O)c2F)=CC1=O. The second kappa shape index (κ2) is 9.44. The van der Waals surface area contributed by atoms with Crippen LogP contribution in [0.5, 0.6) is 5.75 Å². The Bertz CT molecular complexity index is 1020. The number of halogens is 1. The van der Waals surface area contributed by atoms with Crippen LogP contribution in [-0.2, 0) is 15.2 Å². The lowest BCUT2D eigenvalue weighted by molar-refractivity contribution is -0.133. The smallest absolute Gasteiger partial charge is 0.251 e. The van der Waals surface area contributed by atoms with E-state index in [-0.39, 0.29) is 35.4 Å². The van der Waals surface area contributed by atoms with Gasteiger partial charge in [0.2, 0.25) is 5.91 Å². The van der Waals surface area contributed by atoms with Crippen LogP contribution < -0.4 is 10.1 Å². The van der Waals surface area contributed by atoms with Gasteiger partial charge in [0.1, 0.15) is 11.8 Å². The maximum Gasteiger partial charge on any atom is 0.251 e. The van der Waals surface area contributed by atoms with Crippen molar-refractivity contribution in [1.82, 2.24) is 14.9 Å². The Balaban J connectivity index is 1.77. The number of aliphatic hydroxyl groups is 1. The van der Waals surface area contributed by atoms with Gasteiger partial charge in [-0.25, -0.2) is 9.37 Å². The quantitative estimate of drug-likeness (QED) is 0.651. The molecular weight excluding hydrogens is 415 g/mol. The van der Waals surface area contributed by atoms with Crippen LogP contribution in [0, 0.1) is 11.7 Å². The molecule has 0 spiro atoms. The lowest BCUT2D eigenvalue weighted by Gasteiger charge is -2.28. The lowest BCUT2D eigenvalue weighted by Crippen LogP contribution is -2.46. The summed E-state index contributed by atoms with van der Waals surface area (Å²) in [6.45, 7) is 6.86. The third-order valence-electron chi connectivity index (χ3n) is 4.95. The van der Waals surface area contributed by atoms with Crippen LogP contribution >= 0.6 is 0 Å². The Morgan fingerprint density at radius 3 is 2.72 bits per heavy atom. The molecule has 1 aromatic carbocycles. The average Bonchev–Trinajstić information content (AvgIpc) is 3.07. The molecular formula is C23H27FN4O4. The third-order valence-corrected chi connectivity index (χ3v) is 4.95. The van der Waals surface area contributed by atoms with Gasteiger partial charge < -0.3 is 20.1 Å². The topological polar surface area (TPSA) is 105 Å². The molecule has 1 aliphatic rings. The maximum absolute atomic E-state index is 14.8. The minimum atomic E-state index is -1.39. The molecule has 8 nitrogen and oxygen atoms in total. The van der Waals surface area contributed by atoms with Gasteiger partial charge in [-0.15, -0.1) is 0 Å². The summed E-state index contributed by atoms with van der Waals surface area (Å²) in [5.41, 5.74) is -1.31. The number of nitrogens with zero attached hydrogens (tertiary/aromatic N) is 3. The highest BCUT2D eigenvalue weighted by Crippen LogP contribution is 2.31. The summed E-state index contributed by atoms with van der Waals surface area (Å²) in [7, 11) is 0. The second-order valence-corrected chi connectivity index (χ2v) is 8.58. The van der Waals surface area contributed by atoms with E-state index in [0.717, 1.165) is 0 Å². The van der Waals surface area contributed by atoms with Crippen molar-refractivity contribution in [2.45, 2.75) is 45.8 Å². The van der Waals surface area contributed by atoms with Crippen molar-refractivity contribution in [1.29, 1.82) is 0 Å². The number of hydrogen-bond acceptors (Lipinski definition) is 6. The van der Waals surface area contributed by atoms with Crippen molar-refractivity contribution in [3.05, 3.63) is 60.0 Å². The molecule has 2 aromatic rings. The zero-order valence-electron chi connectivity index (χ0n) is 18.5. The molecule has 9 heteroatoms. The van der Waals surface area contributed by atoms with Crippen LogP contribution in [0.4, 0.5) is 10.2 Å². The predicted molar refractivity (Wildman–Crippen MR) is 116 cm³/mol. The first-order valence-electron chi connectivity index (χ1n) is 10.3. The van der Waals surface area contributed by atoms with Gasteiger partial charge in [0.25, 0.3) is 5.91 Å². The van der Waals surface area contributed by atoms with Gasteiger partial charge in [0.05, 0.1) is 18.3 Å². The number of hydrogen-bond donors (Lipinski definition) is 2. The summed E-state index contributed by atoms with van der Waals surface area (Å²) in [6.07, 6.45) is 6.03. The summed E-state index contributed by atoms with van der Waals surface area (Å²) >= 11 is 0. The minimum Gasteiger partial charge on any atom is -0.457 e. The molecule has 2 N–H and O–H groups in total. The summed E-state index contributed by atoms with van der Waals surface area (Å²) in [5, 5.41) is 12.8. The van der Waals surface area contributed by atoms with E-state index in [1.807, 2.05) is 13.8 Å². The number of amides is 2. The molecule has 1 aromatic heterocycles. The molecule has 0 unspecified atom stereocenters. The first-order valence-corrected chi connectivity index (χ1v) is 10.3. The molecule has 0 aliphatic carbocycles. The van der Waals surface area contributed by atoms with Crippen molar-refractivity contribution in [2.75, 3.05) is 11.9 Å². The monoisotopic (exact) mass is 442 g/mol. The Morgan fingerprint density at radius 2 is 2.09 bits per heavy atom. The number of nitrogens with one attached hydrogen (secondary N) is 1. The average molecular weight is 442 g/mol. The van der Waals surface area contributed by atoms with Crippen LogP contribution in [0.3, 0.4) is 0 Å². The standard InChI is InChI=1S/C23H27FN4O4/c1-14(2)10-17(22(30)27-19-12-25-8-9-26-19)28-13-15(11-20(28)29)32-18-7-5-6-16(21(18)24)23(3,4)31/h5-9,11-12,14,17,31H,10,13H2,1-4H3,(H,26,27,30)/t17-/m0/s1. The fourth-order valence-corrected chi connectivity index (χ4v) is 3.44. The molecule has 0 radical (unpaired) electrons. The van der Waals surface area contributed by atoms with E-state index in [9.17, 15) is 19.1 Å². The minimum absolute atomic E-state index is 0.0102. The highest BCUT2D eigenvalue weighted by Gasteiger charge is 2.35. The van der Waals surface area contributed by atoms with E-state index >= 15 is 0 Å². The van der Waals surface area contributed by atoms with Crippen molar-refractivity contribution in [3.8, 4) is 5.75 Å². The molecule has 0 saturated heterocycles. The Hall–Kier alpha value is -3.33. The van der Waals surface area contributed by atoms with Crippen LogP contribution in [0.1, 0.15) is 39.7 Å². The van der Waals surface area contributed by atoms with E-state index in [2.05, 4.69) is 15.3 Å². The van der Waals surface area contributed by atoms with Crippen LogP contribution in [0.2, 0.25) is 0 Å². The number of anilines is 1. The van der Waals surface area contributed by atoms with E-state index in [1.54, 1.807) is 6.07 Å². The van der Waals surface area contributed by atoms with E-state index in [0.29, 0.717) is 6.42 Å². The van der Waals surface area contributed by atoms with Gasteiger partial charge in [-0.2, -0.15) is 0 Å². The second-order valence-electron chi connectivity index (χ2n) is 8.58. The molecule has 0 fully saturated rings. The van der Waals surface area contributed by atoms with Gasteiger partial charge in [0, 0.05) is 24.0 Å². The molecule has 0 saturated carbocycles. The zero-order chi connectivity index (χ0) is 23.5. The Morgan fingerprint density at radius 1 is 1.34 bits per heavy atom. The first-order chi connectivity index (χ1) is 15.1. The summed E-state index contributed by atoms with van der Waals surface area (Å²) < 4.78 is 20.5. The summed E-state index contributed by atoms with van der Waals surface area (Å²) in [6, 6.07) is 3.69. The molecule has 170 valence electrons. The number of benzene rings is 1. The Labute approximate surface area is 186 Å². The molecule has 0 bridgehead atoms. The third kappa shape index (κ3) is 5.47. The molecule has 1 aliphatic heterocycles. The molecule has 2 amide bonds. The van der Waals surface area contributed by atoms with E-state index < -0.39 is 29.3 Å². The summed E-state index contributed by atoms with van der Waals surface area (Å²) in [5.74, 6) is -0.973. The number of aromatic nitrogens is 2. The van der Waals surface area contributed by atoms with Crippen LogP contribution in [-0.4, -0.2) is 44.4 Å². The highest BCUT2D eigenvalue weighted by molar-refractivity contribution is 5.99. The molecule has 3 rings (SSSR count). The predicted octanol–water partition coefficient (Wildman–Crippen LogP) is 3.00. The normalized spacial score (nSPS) is 15.0. The van der Waals surface area contributed by atoms with Crippen molar-refractivity contribution < 1.29 is 23.8 Å². The molecule has 2 heterocycles. The first kappa shape index (κ1) is 23.3. The lowest BCUT2D eigenvalue weighted by atomic mass is 9.97. The Kier molecular flexibility index (Phi) is 6.88.